The fourth-order valence-corrected chi connectivity index (χ4v) is 3.93. The monoisotopic (exact) mass is 311 g/mol. The van der Waals surface area contributed by atoms with Gasteiger partial charge < -0.3 is 10.1 Å². The molecule has 2 aliphatic carbocycles. The minimum atomic E-state index is -0.661. The van der Waals surface area contributed by atoms with Gasteiger partial charge in [-0.2, -0.15) is 0 Å². The summed E-state index contributed by atoms with van der Waals surface area (Å²) in [7, 11) is 0. The first kappa shape index (κ1) is 15.7. The van der Waals surface area contributed by atoms with Gasteiger partial charge in [-0.1, -0.05) is 19.3 Å². The Labute approximate surface area is 130 Å². The van der Waals surface area contributed by atoms with Crippen LogP contribution in [0.1, 0.15) is 38.5 Å². The Bertz CT molecular complexity index is 431. The number of rotatable bonds is 5. The predicted molar refractivity (Wildman–Crippen MR) is 80.1 cm³/mol. The van der Waals surface area contributed by atoms with Crippen molar-refractivity contribution in [3.63, 3.8) is 0 Å². The average Bonchev–Trinajstić information content (AvgIpc) is 3.35. The van der Waals surface area contributed by atoms with Crippen LogP contribution >= 0.6 is 0 Å². The van der Waals surface area contributed by atoms with Crippen molar-refractivity contribution in [2.45, 2.75) is 50.1 Å². The molecule has 1 saturated heterocycles. The van der Waals surface area contributed by atoms with Crippen molar-refractivity contribution >= 4 is 5.91 Å². The number of hydrogen-bond acceptors (Lipinski definition) is 5. The van der Waals surface area contributed by atoms with Gasteiger partial charge in [0.15, 0.2) is 0 Å². The lowest BCUT2D eigenvalue weighted by Gasteiger charge is -2.48. The molecule has 7 heteroatoms. The van der Waals surface area contributed by atoms with Crippen LogP contribution in [0.4, 0.5) is 0 Å². The summed E-state index contributed by atoms with van der Waals surface area (Å²) >= 11 is 0. The predicted octanol–water partition coefficient (Wildman–Crippen LogP) is 0.803. The minimum absolute atomic E-state index is 0.0245. The van der Waals surface area contributed by atoms with Gasteiger partial charge in [0.2, 0.25) is 11.9 Å². The van der Waals surface area contributed by atoms with Gasteiger partial charge in [0.1, 0.15) is 5.92 Å². The van der Waals surface area contributed by atoms with Crippen molar-refractivity contribution in [3.8, 4) is 0 Å². The number of carbonyl (C=O) groups excluding carboxylic acids is 1. The third-order valence-corrected chi connectivity index (χ3v) is 5.42. The largest absolute Gasteiger partial charge is 0.379 e. The van der Waals surface area contributed by atoms with Crippen molar-refractivity contribution in [1.82, 2.24) is 10.2 Å². The summed E-state index contributed by atoms with van der Waals surface area (Å²) in [5, 5.41) is 13.7. The molecule has 0 spiro atoms. The van der Waals surface area contributed by atoms with Crippen LogP contribution in [-0.4, -0.2) is 60.2 Å². The summed E-state index contributed by atoms with van der Waals surface area (Å²) in [4.78, 5) is 25.0. The second kappa shape index (κ2) is 6.50. The molecule has 0 radical (unpaired) electrons. The highest BCUT2D eigenvalue weighted by Gasteiger charge is 2.53. The Kier molecular flexibility index (Phi) is 4.63. The molecule has 0 aromatic heterocycles. The van der Waals surface area contributed by atoms with E-state index in [1.54, 1.807) is 0 Å². The van der Waals surface area contributed by atoms with Crippen LogP contribution in [0.3, 0.4) is 0 Å². The van der Waals surface area contributed by atoms with Crippen LogP contribution in [0.25, 0.3) is 0 Å². The van der Waals surface area contributed by atoms with Crippen LogP contribution < -0.4 is 5.32 Å². The molecule has 2 saturated carbocycles. The lowest BCUT2D eigenvalue weighted by atomic mass is 9.79. The van der Waals surface area contributed by atoms with Crippen LogP contribution in [-0.2, 0) is 9.53 Å². The van der Waals surface area contributed by atoms with E-state index in [1.165, 1.54) is 19.3 Å². The van der Waals surface area contributed by atoms with Crippen molar-refractivity contribution < 1.29 is 14.5 Å². The Morgan fingerprint density at radius 1 is 1.27 bits per heavy atom. The molecule has 2 atom stereocenters. The van der Waals surface area contributed by atoms with Gasteiger partial charge in [0.05, 0.1) is 13.2 Å². The molecule has 0 aromatic rings. The van der Waals surface area contributed by atoms with E-state index < -0.39 is 12.0 Å². The molecule has 1 aliphatic heterocycles. The molecule has 22 heavy (non-hydrogen) atoms. The first-order valence-corrected chi connectivity index (χ1v) is 8.36. The highest BCUT2D eigenvalue weighted by Crippen LogP contribution is 2.36. The van der Waals surface area contributed by atoms with Crippen LogP contribution in [0.2, 0.25) is 0 Å². The Hall–Kier alpha value is -1.21. The summed E-state index contributed by atoms with van der Waals surface area (Å²) in [6, 6.07) is -0.661. The summed E-state index contributed by atoms with van der Waals surface area (Å²) in [5.41, 5.74) is 0.0245. The molecular weight excluding hydrogens is 286 g/mol. The van der Waals surface area contributed by atoms with E-state index in [0.717, 1.165) is 39.1 Å². The maximum Gasteiger partial charge on any atom is 0.230 e. The highest BCUT2D eigenvalue weighted by atomic mass is 16.6. The maximum absolute atomic E-state index is 12.1. The molecule has 3 aliphatic rings. The smallest absolute Gasteiger partial charge is 0.230 e. The van der Waals surface area contributed by atoms with Crippen LogP contribution in [0.15, 0.2) is 0 Å². The minimum Gasteiger partial charge on any atom is -0.379 e. The van der Waals surface area contributed by atoms with Gasteiger partial charge in [0, 0.05) is 36.5 Å². The van der Waals surface area contributed by atoms with Gasteiger partial charge >= 0.3 is 0 Å². The van der Waals surface area contributed by atoms with E-state index in [-0.39, 0.29) is 16.4 Å². The van der Waals surface area contributed by atoms with Crippen molar-refractivity contribution in [2.75, 3.05) is 32.8 Å². The molecule has 1 amide bonds. The summed E-state index contributed by atoms with van der Waals surface area (Å²) in [5.74, 6) is -0.555. The van der Waals surface area contributed by atoms with Crippen molar-refractivity contribution in [1.29, 1.82) is 0 Å². The number of ether oxygens (including phenoxy) is 1. The molecule has 1 N–H and O–H groups in total. The van der Waals surface area contributed by atoms with Crippen LogP contribution in [0.5, 0.6) is 0 Å². The van der Waals surface area contributed by atoms with E-state index in [1.807, 2.05) is 0 Å². The first-order valence-electron chi connectivity index (χ1n) is 8.36. The summed E-state index contributed by atoms with van der Waals surface area (Å²) < 4.78 is 5.45. The number of nitrogens with zero attached hydrogens (tertiary/aromatic N) is 2. The van der Waals surface area contributed by atoms with Gasteiger partial charge in [-0.3, -0.25) is 19.8 Å². The van der Waals surface area contributed by atoms with Crippen LogP contribution in [0, 0.1) is 16.0 Å². The fourth-order valence-electron chi connectivity index (χ4n) is 3.93. The van der Waals surface area contributed by atoms with E-state index in [0.29, 0.717) is 13.0 Å². The third-order valence-electron chi connectivity index (χ3n) is 5.42. The molecule has 7 nitrogen and oxygen atoms in total. The molecule has 1 heterocycles. The quantitative estimate of drug-likeness (QED) is 0.600. The normalized spacial score (nSPS) is 31.5. The van der Waals surface area contributed by atoms with E-state index >= 15 is 0 Å². The van der Waals surface area contributed by atoms with Crippen molar-refractivity contribution in [2.24, 2.45) is 5.92 Å². The maximum atomic E-state index is 12.1. The SMILES string of the molecule is O=C(NCC1(N2CCOCC2)CCCCC1)[C@H]1C[C@H]1[N+](=O)[O-]. The molecule has 0 aromatic carbocycles. The van der Waals surface area contributed by atoms with Gasteiger partial charge in [-0.25, -0.2) is 0 Å². The number of amides is 1. The molecule has 0 bridgehead atoms. The fraction of sp³-hybridized carbons (Fsp3) is 0.933. The van der Waals surface area contributed by atoms with E-state index in [2.05, 4.69) is 10.2 Å². The van der Waals surface area contributed by atoms with Gasteiger partial charge in [0.25, 0.3) is 0 Å². The second-order valence-electron chi connectivity index (χ2n) is 6.80. The number of hydrogen-bond donors (Lipinski definition) is 1. The second-order valence-corrected chi connectivity index (χ2v) is 6.80. The molecular formula is C15H25N3O4. The number of morpholine rings is 1. The Morgan fingerprint density at radius 3 is 2.55 bits per heavy atom. The molecule has 0 unspecified atom stereocenters. The third kappa shape index (κ3) is 3.25. The zero-order valence-corrected chi connectivity index (χ0v) is 13.0. The standard InChI is InChI=1S/C15H25N3O4/c19-14(12-10-13(12)18(20)21)16-11-15(4-2-1-3-5-15)17-6-8-22-9-7-17/h12-13H,1-11H2,(H,16,19)/t12-,13+/m0/s1. The lowest BCUT2D eigenvalue weighted by Crippen LogP contribution is -2.59. The van der Waals surface area contributed by atoms with E-state index in [9.17, 15) is 14.9 Å². The Morgan fingerprint density at radius 2 is 1.95 bits per heavy atom. The highest BCUT2D eigenvalue weighted by molar-refractivity contribution is 5.82. The molecule has 124 valence electrons. The summed E-state index contributed by atoms with van der Waals surface area (Å²) in [6.07, 6.45) is 6.21. The van der Waals surface area contributed by atoms with Crippen molar-refractivity contribution in [3.05, 3.63) is 10.1 Å². The molecule has 3 rings (SSSR count). The number of nitrogens with one attached hydrogen (secondary N) is 1. The van der Waals surface area contributed by atoms with Gasteiger partial charge in [-0.05, 0) is 12.8 Å². The lowest BCUT2D eigenvalue weighted by molar-refractivity contribution is -0.497. The topological polar surface area (TPSA) is 84.7 Å². The average molecular weight is 311 g/mol. The number of nitro groups is 1. The Balaban J connectivity index is 1.58. The molecule has 3 fully saturated rings. The summed E-state index contributed by atoms with van der Waals surface area (Å²) in [6.45, 7) is 3.95. The number of carbonyl (C=O) groups is 1. The zero-order chi connectivity index (χ0) is 15.6. The first-order chi connectivity index (χ1) is 10.6. The zero-order valence-electron chi connectivity index (χ0n) is 13.0. The van der Waals surface area contributed by atoms with Gasteiger partial charge in [-0.15, -0.1) is 0 Å². The van der Waals surface area contributed by atoms with E-state index in [4.69, 9.17) is 4.74 Å².